The number of thioether (sulfide) groups is 1. The number of benzene rings is 1. The van der Waals surface area contributed by atoms with Crippen LogP contribution < -0.4 is 0 Å². The largest absolute Gasteiger partial charge is 0.623 e. The summed E-state index contributed by atoms with van der Waals surface area (Å²) in [6, 6.07) is 5.98. The summed E-state index contributed by atoms with van der Waals surface area (Å²) in [7, 11) is 1.86. The maximum Gasteiger partial charge on any atom is 0.270 e. The van der Waals surface area contributed by atoms with Gasteiger partial charge in [0.05, 0.1) is 4.92 Å². The lowest BCUT2D eigenvalue weighted by molar-refractivity contribution is -0.480. The average Bonchev–Trinajstić information content (AvgIpc) is 2.62. The third-order valence-corrected chi connectivity index (χ3v) is 5.59. The highest BCUT2D eigenvalue weighted by atomic mass is 32.2. The molecule has 0 aromatic heterocycles. The fourth-order valence-corrected chi connectivity index (χ4v) is 3.72. The molecular formula is C13H15N3O3S2. The maximum absolute atomic E-state index is 12.4. The second-order valence-electron chi connectivity index (χ2n) is 5.29. The van der Waals surface area contributed by atoms with Crippen LogP contribution >= 0.6 is 24.0 Å². The number of nitro benzene ring substituents is 1. The normalized spacial score (nSPS) is 21.7. The van der Waals surface area contributed by atoms with Gasteiger partial charge in [0, 0.05) is 24.7 Å². The first-order valence-electron chi connectivity index (χ1n) is 6.22. The Morgan fingerprint density at radius 3 is 2.62 bits per heavy atom. The minimum Gasteiger partial charge on any atom is -0.623 e. The fourth-order valence-electron chi connectivity index (χ4n) is 2.02. The highest BCUT2D eigenvalue weighted by molar-refractivity contribution is 8.23. The number of rotatable bonds is 3. The van der Waals surface area contributed by atoms with Crippen molar-refractivity contribution in [1.82, 2.24) is 4.90 Å². The minimum atomic E-state index is -0.482. The molecule has 1 unspecified atom stereocenters. The zero-order valence-electron chi connectivity index (χ0n) is 11.8. The molecule has 8 heteroatoms. The summed E-state index contributed by atoms with van der Waals surface area (Å²) < 4.78 is 1.48. The molecule has 0 saturated carbocycles. The molecule has 0 N–H and O–H groups in total. The Morgan fingerprint density at radius 1 is 1.43 bits per heavy atom. The van der Waals surface area contributed by atoms with Crippen molar-refractivity contribution in [2.75, 3.05) is 7.05 Å². The summed E-state index contributed by atoms with van der Waals surface area (Å²) in [5.74, 6) is 0. The van der Waals surface area contributed by atoms with Crippen LogP contribution in [-0.4, -0.2) is 43.1 Å². The van der Waals surface area contributed by atoms with Gasteiger partial charge in [0.1, 0.15) is 9.86 Å². The van der Waals surface area contributed by atoms with Gasteiger partial charge in [0.25, 0.3) is 5.69 Å². The maximum atomic E-state index is 12.4. The number of hydrogen-bond donors (Lipinski definition) is 0. The molecule has 0 amide bonds. The van der Waals surface area contributed by atoms with Gasteiger partial charge in [-0.3, -0.25) is 10.1 Å². The molecule has 112 valence electrons. The number of nitro groups is 1. The van der Waals surface area contributed by atoms with E-state index < -0.39 is 15.8 Å². The van der Waals surface area contributed by atoms with E-state index in [2.05, 4.69) is 0 Å². The first-order chi connectivity index (χ1) is 9.73. The van der Waals surface area contributed by atoms with Crippen molar-refractivity contribution in [2.45, 2.75) is 24.8 Å². The van der Waals surface area contributed by atoms with E-state index in [1.807, 2.05) is 25.8 Å². The van der Waals surface area contributed by atoms with E-state index in [9.17, 15) is 15.3 Å². The Hall–Kier alpha value is -1.67. The molecule has 1 atom stereocenters. The van der Waals surface area contributed by atoms with Crippen molar-refractivity contribution in [3.8, 4) is 0 Å². The number of hydrogen-bond acceptors (Lipinski definition) is 5. The molecular weight excluding hydrogens is 310 g/mol. The Labute approximate surface area is 132 Å². The van der Waals surface area contributed by atoms with E-state index in [1.54, 1.807) is 12.1 Å². The number of nitrogens with zero attached hydrogens (tertiary/aromatic N) is 3. The SMILES string of the molecule is CN1C(=S)SC([N+]([O-])=Cc2cccc([N+](=O)[O-])c2)C1(C)C. The predicted octanol–water partition coefficient (Wildman–Crippen LogP) is 2.59. The van der Waals surface area contributed by atoms with Gasteiger partial charge in [-0.25, -0.2) is 0 Å². The molecule has 0 radical (unpaired) electrons. The summed E-state index contributed by atoms with van der Waals surface area (Å²) in [6.45, 7) is 3.88. The van der Waals surface area contributed by atoms with Crippen LogP contribution in [-0.2, 0) is 0 Å². The third-order valence-electron chi connectivity index (χ3n) is 3.54. The van der Waals surface area contributed by atoms with Crippen molar-refractivity contribution in [1.29, 1.82) is 0 Å². The van der Waals surface area contributed by atoms with Gasteiger partial charge in [-0.05, 0) is 31.7 Å². The quantitative estimate of drug-likeness (QED) is 0.212. The van der Waals surface area contributed by atoms with E-state index >= 15 is 0 Å². The second kappa shape index (κ2) is 5.61. The molecule has 1 aromatic carbocycles. The van der Waals surface area contributed by atoms with Gasteiger partial charge >= 0.3 is 0 Å². The molecule has 1 saturated heterocycles. The molecule has 1 aromatic rings. The third kappa shape index (κ3) is 3.01. The van der Waals surface area contributed by atoms with Crippen molar-refractivity contribution in [3.05, 3.63) is 45.2 Å². The first-order valence-corrected chi connectivity index (χ1v) is 7.51. The van der Waals surface area contributed by atoms with E-state index in [0.717, 1.165) is 4.74 Å². The Kier molecular flexibility index (Phi) is 4.20. The van der Waals surface area contributed by atoms with Crippen LogP contribution in [0.4, 0.5) is 5.69 Å². The lowest BCUT2D eigenvalue weighted by Gasteiger charge is -2.30. The number of likely N-dealkylation sites (N-methyl/N-ethyl adjacent to an activating group) is 1. The van der Waals surface area contributed by atoms with E-state index in [0.29, 0.717) is 9.88 Å². The number of thiocarbonyl (C=S) groups is 1. The van der Waals surface area contributed by atoms with Gasteiger partial charge < -0.3 is 10.1 Å². The van der Waals surface area contributed by atoms with Crippen LogP contribution in [0.2, 0.25) is 0 Å². The Morgan fingerprint density at radius 2 is 2.10 bits per heavy atom. The smallest absolute Gasteiger partial charge is 0.270 e. The summed E-state index contributed by atoms with van der Waals surface area (Å²) in [5.41, 5.74) is 0.0416. The van der Waals surface area contributed by atoms with Crippen molar-refractivity contribution in [2.24, 2.45) is 0 Å². The standard InChI is InChI=1S/C13H15N3O3S2/c1-13(2)11(21-12(20)14(13)3)15(17)8-9-5-4-6-10(7-9)16(18)19/h4-8,11H,1-3H3. The summed E-state index contributed by atoms with van der Waals surface area (Å²) in [4.78, 5) is 12.2. The van der Waals surface area contributed by atoms with E-state index in [4.69, 9.17) is 12.2 Å². The molecule has 6 nitrogen and oxygen atoms in total. The zero-order valence-corrected chi connectivity index (χ0v) is 13.5. The molecule has 1 fully saturated rings. The van der Waals surface area contributed by atoms with Crippen molar-refractivity contribution in [3.63, 3.8) is 0 Å². The van der Waals surface area contributed by atoms with Gasteiger partial charge in [0.15, 0.2) is 6.21 Å². The van der Waals surface area contributed by atoms with Gasteiger partial charge in [-0.15, -0.1) is 0 Å². The van der Waals surface area contributed by atoms with Gasteiger partial charge in [0.2, 0.25) is 5.37 Å². The average molecular weight is 325 g/mol. The molecule has 0 bridgehead atoms. The highest BCUT2D eigenvalue weighted by Gasteiger charge is 2.48. The number of non-ortho nitro benzene ring substituents is 1. The molecule has 21 heavy (non-hydrogen) atoms. The number of hydroxylamine groups is 1. The lowest BCUT2D eigenvalue weighted by atomic mass is 10.0. The molecule has 1 aliphatic heterocycles. The summed E-state index contributed by atoms with van der Waals surface area (Å²) in [5, 5.41) is 22.7. The van der Waals surface area contributed by atoms with Gasteiger partial charge in [-0.1, -0.05) is 18.3 Å². The highest BCUT2D eigenvalue weighted by Crippen LogP contribution is 2.38. The summed E-state index contributed by atoms with van der Waals surface area (Å²) >= 11 is 6.55. The predicted molar refractivity (Wildman–Crippen MR) is 87.7 cm³/mol. The van der Waals surface area contributed by atoms with Crippen molar-refractivity contribution >= 4 is 40.2 Å². The first kappa shape index (κ1) is 15.7. The minimum absolute atomic E-state index is 0.0388. The van der Waals surface area contributed by atoms with Crippen LogP contribution in [0.5, 0.6) is 0 Å². The van der Waals surface area contributed by atoms with Crippen LogP contribution in [0.25, 0.3) is 0 Å². The molecule has 0 aliphatic carbocycles. The monoisotopic (exact) mass is 325 g/mol. The van der Waals surface area contributed by atoms with Crippen LogP contribution in [0.3, 0.4) is 0 Å². The van der Waals surface area contributed by atoms with Crippen molar-refractivity contribution < 1.29 is 9.66 Å². The molecule has 0 spiro atoms. The van der Waals surface area contributed by atoms with Crippen LogP contribution in [0, 0.1) is 15.3 Å². The molecule has 1 aliphatic rings. The van der Waals surface area contributed by atoms with Crippen LogP contribution in [0.1, 0.15) is 19.4 Å². The Balaban J connectivity index is 2.32. The van der Waals surface area contributed by atoms with E-state index in [-0.39, 0.29) is 5.69 Å². The Bertz CT molecular complexity index is 631. The lowest BCUT2D eigenvalue weighted by Crippen LogP contribution is -2.47. The summed E-state index contributed by atoms with van der Waals surface area (Å²) in [6.07, 6.45) is 1.37. The zero-order chi connectivity index (χ0) is 15.8. The topological polar surface area (TPSA) is 72.5 Å². The fraction of sp³-hybridized carbons (Fsp3) is 0.385. The molecule has 2 rings (SSSR count). The van der Waals surface area contributed by atoms with E-state index in [1.165, 1.54) is 30.1 Å². The molecule has 1 heterocycles. The second-order valence-corrected chi connectivity index (χ2v) is 7.00. The van der Waals surface area contributed by atoms with Gasteiger partial charge in [-0.2, -0.15) is 4.74 Å². The van der Waals surface area contributed by atoms with Crippen LogP contribution in [0.15, 0.2) is 24.3 Å².